The molecule has 4 rings (SSSR count). The molecule has 0 radical (unpaired) electrons. The number of nitrogens with one attached hydrogen (secondary N) is 1. The molecular formula is C20H18ClN3O. The maximum Gasteiger partial charge on any atom is 0.223 e. The van der Waals surface area contributed by atoms with Crippen molar-refractivity contribution in [2.45, 2.75) is 12.3 Å². The number of aromatic nitrogens is 2. The lowest BCUT2D eigenvalue weighted by molar-refractivity contribution is -0.121. The predicted molar refractivity (Wildman–Crippen MR) is 98.9 cm³/mol. The van der Waals surface area contributed by atoms with Gasteiger partial charge in [-0.05, 0) is 36.6 Å². The summed E-state index contributed by atoms with van der Waals surface area (Å²) in [4.78, 5) is 12.0. The van der Waals surface area contributed by atoms with E-state index in [4.69, 9.17) is 16.7 Å². The molecule has 1 aliphatic carbocycles. The smallest absolute Gasteiger partial charge is 0.223 e. The van der Waals surface area contributed by atoms with E-state index in [1.807, 2.05) is 65.5 Å². The van der Waals surface area contributed by atoms with Crippen LogP contribution in [0.2, 0.25) is 5.02 Å². The Morgan fingerprint density at radius 3 is 2.56 bits per heavy atom. The molecule has 2 atom stereocenters. The van der Waals surface area contributed by atoms with Crippen LogP contribution >= 0.6 is 11.6 Å². The Kier molecular flexibility index (Phi) is 4.06. The average molecular weight is 352 g/mol. The van der Waals surface area contributed by atoms with E-state index in [9.17, 15) is 4.79 Å². The largest absolute Gasteiger partial charge is 0.359 e. The summed E-state index contributed by atoms with van der Waals surface area (Å²) in [5.74, 6) is 0.340. The highest BCUT2D eigenvalue weighted by molar-refractivity contribution is 6.30. The summed E-state index contributed by atoms with van der Waals surface area (Å²) in [5.41, 5.74) is 4.04. The molecule has 1 fully saturated rings. The number of hydrogen-bond donors (Lipinski definition) is 1. The lowest BCUT2D eigenvalue weighted by Crippen LogP contribution is -2.20. The first kappa shape index (κ1) is 15.9. The van der Waals surface area contributed by atoms with Crippen LogP contribution in [0, 0.1) is 5.92 Å². The third kappa shape index (κ3) is 3.05. The molecule has 2 aromatic carbocycles. The van der Waals surface area contributed by atoms with Crippen molar-refractivity contribution in [2.75, 3.05) is 7.05 Å². The van der Waals surface area contributed by atoms with E-state index in [2.05, 4.69) is 5.32 Å². The second-order valence-electron chi connectivity index (χ2n) is 6.28. The van der Waals surface area contributed by atoms with Gasteiger partial charge >= 0.3 is 0 Å². The zero-order valence-corrected chi connectivity index (χ0v) is 14.6. The minimum atomic E-state index is 0.0319. The molecule has 25 heavy (non-hydrogen) atoms. The topological polar surface area (TPSA) is 46.9 Å². The molecule has 1 amide bonds. The Morgan fingerprint density at radius 1 is 1.16 bits per heavy atom. The molecule has 3 aromatic rings. The van der Waals surface area contributed by atoms with Gasteiger partial charge in [-0.3, -0.25) is 4.79 Å². The second kappa shape index (κ2) is 6.37. The molecule has 1 saturated carbocycles. The van der Waals surface area contributed by atoms with Gasteiger partial charge in [0.25, 0.3) is 0 Å². The number of nitrogens with zero attached hydrogens (tertiary/aromatic N) is 2. The number of carbonyl (C=O) groups excluding carboxylic acids is 1. The Bertz CT molecular complexity index is 902. The van der Waals surface area contributed by atoms with Crippen molar-refractivity contribution in [3.8, 4) is 16.9 Å². The SMILES string of the molecule is CNC(=O)C1CC1c1cn(-c2ccccc2)nc1-c1ccc(Cl)cc1. The van der Waals surface area contributed by atoms with E-state index in [0.717, 1.165) is 28.9 Å². The highest BCUT2D eigenvalue weighted by Gasteiger charge is 2.45. The Balaban J connectivity index is 1.77. The van der Waals surface area contributed by atoms with Crippen LogP contribution in [0.1, 0.15) is 17.9 Å². The molecule has 0 aliphatic heterocycles. The van der Waals surface area contributed by atoms with Crippen molar-refractivity contribution >= 4 is 17.5 Å². The zero-order valence-electron chi connectivity index (χ0n) is 13.8. The first-order chi connectivity index (χ1) is 12.2. The molecule has 4 nitrogen and oxygen atoms in total. The molecule has 0 saturated heterocycles. The fourth-order valence-electron chi connectivity index (χ4n) is 3.22. The molecule has 126 valence electrons. The molecule has 1 aliphatic rings. The summed E-state index contributed by atoms with van der Waals surface area (Å²) < 4.78 is 1.89. The van der Waals surface area contributed by atoms with Gasteiger partial charge in [-0.25, -0.2) is 4.68 Å². The van der Waals surface area contributed by atoms with E-state index in [1.165, 1.54) is 0 Å². The van der Waals surface area contributed by atoms with E-state index in [-0.39, 0.29) is 17.7 Å². The van der Waals surface area contributed by atoms with Gasteiger partial charge < -0.3 is 5.32 Å². The monoisotopic (exact) mass is 351 g/mol. The van der Waals surface area contributed by atoms with Gasteiger partial charge in [0, 0.05) is 35.3 Å². The van der Waals surface area contributed by atoms with E-state index in [1.54, 1.807) is 7.05 Å². The van der Waals surface area contributed by atoms with Crippen LogP contribution in [0.15, 0.2) is 60.8 Å². The zero-order chi connectivity index (χ0) is 17.4. The molecule has 1 N–H and O–H groups in total. The van der Waals surface area contributed by atoms with Gasteiger partial charge in [-0.15, -0.1) is 0 Å². The van der Waals surface area contributed by atoms with E-state index >= 15 is 0 Å². The number of halogens is 1. The molecule has 1 heterocycles. The van der Waals surface area contributed by atoms with Gasteiger partial charge in [-0.1, -0.05) is 41.9 Å². The van der Waals surface area contributed by atoms with Crippen molar-refractivity contribution in [1.29, 1.82) is 0 Å². The van der Waals surface area contributed by atoms with Crippen LogP contribution in [0.5, 0.6) is 0 Å². The van der Waals surface area contributed by atoms with Crippen LogP contribution in [0.3, 0.4) is 0 Å². The fourth-order valence-corrected chi connectivity index (χ4v) is 3.34. The number of amides is 1. The lowest BCUT2D eigenvalue weighted by atomic mass is 10.0. The molecule has 2 unspecified atom stereocenters. The van der Waals surface area contributed by atoms with Gasteiger partial charge in [0.15, 0.2) is 0 Å². The third-order valence-electron chi connectivity index (χ3n) is 4.65. The summed E-state index contributed by atoms with van der Waals surface area (Å²) in [6.07, 6.45) is 2.91. The van der Waals surface area contributed by atoms with Crippen molar-refractivity contribution in [1.82, 2.24) is 15.1 Å². The lowest BCUT2D eigenvalue weighted by Gasteiger charge is -2.02. The van der Waals surface area contributed by atoms with Crippen molar-refractivity contribution in [2.24, 2.45) is 5.92 Å². The van der Waals surface area contributed by atoms with Crippen LogP contribution in [0.25, 0.3) is 16.9 Å². The van der Waals surface area contributed by atoms with Crippen LogP contribution in [-0.4, -0.2) is 22.7 Å². The Morgan fingerprint density at radius 2 is 1.88 bits per heavy atom. The molecule has 1 aromatic heterocycles. The number of para-hydroxylation sites is 1. The quantitative estimate of drug-likeness (QED) is 0.771. The summed E-state index contributed by atoms with van der Waals surface area (Å²) >= 11 is 6.02. The van der Waals surface area contributed by atoms with Gasteiger partial charge in [0.05, 0.1) is 11.4 Å². The first-order valence-electron chi connectivity index (χ1n) is 8.30. The Hall–Kier alpha value is -2.59. The Labute approximate surface area is 151 Å². The number of carbonyl (C=O) groups is 1. The van der Waals surface area contributed by atoms with Crippen LogP contribution < -0.4 is 5.32 Å². The van der Waals surface area contributed by atoms with Gasteiger partial charge in [-0.2, -0.15) is 5.10 Å². The standard InChI is InChI=1S/C20H18ClN3O/c1-22-20(25)17-11-16(17)18-12-24(15-5-3-2-4-6-15)23-19(18)13-7-9-14(21)10-8-13/h2-10,12,16-17H,11H2,1H3,(H,22,25). The molecule has 5 heteroatoms. The number of benzene rings is 2. The molecular weight excluding hydrogens is 334 g/mol. The summed E-state index contributed by atoms with van der Waals surface area (Å²) in [6.45, 7) is 0. The second-order valence-corrected chi connectivity index (χ2v) is 6.72. The minimum absolute atomic E-state index is 0.0319. The summed E-state index contributed by atoms with van der Waals surface area (Å²) in [5, 5.41) is 8.25. The van der Waals surface area contributed by atoms with Gasteiger partial charge in [0.1, 0.15) is 0 Å². The number of hydrogen-bond acceptors (Lipinski definition) is 2. The van der Waals surface area contributed by atoms with Crippen LogP contribution in [-0.2, 0) is 4.79 Å². The third-order valence-corrected chi connectivity index (χ3v) is 4.91. The maximum atomic E-state index is 12.0. The van der Waals surface area contributed by atoms with Gasteiger partial charge in [0.2, 0.25) is 5.91 Å². The van der Waals surface area contributed by atoms with Crippen molar-refractivity contribution < 1.29 is 4.79 Å². The highest BCUT2D eigenvalue weighted by Crippen LogP contribution is 2.50. The van der Waals surface area contributed by atoms with Crippen LogP contribution in [0.4, 0.5) is 0 Å². The fraction of sp³-hybridized carbons (Fsp3) is 0.200. The molecule has 0 bridgehead atoms. The van der Waals surface area contributed by atoms with Crippen molar-refractivity contribution in [3.63, 3.8) is 0 Å². The normalized spacial score (nSPS) is 18.8. The highest BCUT2D eigenvalue weighted by atomic mass is 35.5. The maximum absolute atomic E-state index is 12.0. The van der Waals surface area contributed by atoms with E-state index in [0.29, 0.717) is 5.02 Å². The molecule has 0 spiro atoms. The first-order valence-corrected chi connectivity index (χ1v) is 8.67. The predicted octanol–water partition coefficient (Wildman–Crippen LogP) is 4.04. The summed E-state index contributed by atoms with van der Waals surface area (Å²) in [6, 6.07) is 17.7. The summed E-state index contributed by atoms with van der Waals surface area (Å²) in [7, 11) is 1.69. The van der Waals surface area contributed by atoms with E-state index < -0.39 is 0 Å². The minimum Gasteiger partial charge on any atom is -0.359 e. The van der Waals surface area contributed by atoms with Crippen molar-refractivity contribution in [3.05, 3.63) is 71.4 Å². The number of rotatable bonds is 4. The average Bonchev–Trinajstić information content (AvgIpc) is 3.33.